The Morgan fingerprint density at radius 3 is 2.60 bits per heavy atom. The van der Waals surface area contributed by atoms with Gasteiger partial charge in [-0.1, -0.05) is 0 Å². The van der Waals surface area contributed by atoms with Crippen LogP contribution in [0.5, 0.6) is 5.75 Å². The Balaban J connectivity index is 1.17. The number of nitrogens with zero attached hydrogens (tertiary/aromatic N) is 3. The van der Waals surface area contributed by atoms with Gasteiger partial charge in [0, 0.05) is 31.4 Å². The molecule has 42 heavy (non-hydrogen) atoms. The Morgan fingerprint density at radius 2 is 1.90 bits per heavy atom. The van der Waals surface area contributed by atoms with Crippen LogP contribution in [0, 0.1) is 11.6 Å². The third kappa shape index (κ3) is 5.21. The van der Waals surface area contributed by atoms with Crippen LogP contribution in [-0.4, -0.2) is 71.5 Å². The van der Waals surface area contributed by atoms with E-state index in [4.69, 9.17) is 4.74 Å². The number of hydrogen-bond acceptors (Lipinski definition) is 8. The van der Waals surface area contributed by atoms with E-state index in [2.05, 4.69) is 15.6 Å². The minimum absolute atomic E-state index is 0.0670. The van der Waals surface area contributed by atoms with Crippen molar-refractivity contribution in [2.24, 2.45) is 0 Å². The van der Waals surface area contributed by atoms with Gasteiger partial charge in [-0.3, -0.25) is 9.69 Å². The van der Waals surface area contributed by atoms with Gasteiger partial charge in [-0.15, -0.1) is 0 Å². The molecule has 2 aliphatic heterocycles. The number of aromatic nitrogens is 1. The highest BCUT2D eigenvalue weighted by Crippen LogP contribution is 2.46. The first-order valence-corrected chi connectivity index (χ1v) is 13.7. The summed E-state index contributed by atoms with van der Waals surface area (Å²) in [5.41, 5.74) is 1.34. The molecule has 6 rings (SSSR count). The number of fused-ring (bicyclic) bond motifs is 1. The monoisotopic (exact) mass is 581 g/mol. The summed E-state index contributed by atoms with van der Waals surface area (Å²) in [7, 11) is 0. The zero-order valence-electron chi connectivity index (χ0n) is 22.7. The first-order valence-electron chi connectivity index (χ1n) is 13.7. The fourth-order valence-electron chi connectivity index (χ4n) is 5.58. The molecule has 2 amide bonds. The molecular formula is C29H29F2N5O6. The van der Waals surface area contributed by atoms with E-state index in [0.717, 1.165) is 18.9 Å². The van der Waals surface area contributed by atoms with Crippen LogP contribution in [-0.2, 0) is 9.53 Å². The number of benzene rings is 2. The lowest BCUT2D eigenvalue weighted by molar-refractivity contribution is -0.119. The van der Waals surface area contributed by atoms with Crippen LogP contribution in [0.3, 0.4) is 0 Å². The highest BCUT2D eigenvalue weighted by atomic mass is 19.1. The van der Waals surface area contributed by atoms with Crippen molar-refractivity contribution in [1.29, 1.82) is 0 Å². The van der Waals surface area contributed by atoms with Gasteiger partial charge < -0.3 is 30.5 Å². The molecule has 0 spiro atoms. The topological polar surface area (TPSA) is 144 Å². The van der Waals surface area contributed by atoms with E-state index >= 15 is 8.78 Å². The molecule has 0 unspecified atom stereocenters. The normalized spacial score (nSPS) is 20.2. The number of nitrogens with one attached hydrogen (secondary N) is 2. The van der Waals surface area contributed by atoms with Crippen LogP contribution < -0.4 is 20.4 Å². The summed E-state index contributed by atoms with van der Waals surface area (Å²) in [4.78, 5) is 42.7. The standard InChI is InChI=1S/C29H29F2N5O6/c1-14(37)32-11-18-13-36(29(41)42-18)17-4-5-24(22(30)8-17)33-16-6-7-35(12-16)27-23(31)10-20-25(34-27)19(15-2-3-15)9-21(26(20)38)28(39)40/h4-5,8-10,15-16,18,33,38H,2-3,6-7,11-13H2,1H3,(H,32,37)(H,39,40)/t16-,18+/m1/s1. The Labute approximate surface area is 239 Å². The van der Waals surface area contributed by atoms with E-state index < -0.39 is 35.6 Å². The van der Waals surface area contributed by atoms with Crippen molar-refractivity contribution in [3.63, 3.8) is 0 Å². The van der Waals surface area contributed by atoms with Crippen LogP contribution in [0.25, 0.3) is 10.9 Å². The molecule has 1 aromatic heterocycles. The average Bonchev–Trinajstić information content (AvgIpc) is 3.56. The second kappa shape index (κ2) is 10.6. The van der Waals surface area contributed by atoms with Crippen molar-refractivity contribution in [2.45, 2.75) is 44.2 Å². The Kier molecular flexibility index (Phi) is 6.95. The van der Waals surface area contributed by atoms with Gasteiger partial charge in [0.2, 0.25) is 5.91 Å². The van der Waals surface area contributed by atoms with Crippen molar-refractivity contribution in [3.05, 3.63) is 53.1 Å². The number of aromatic hydroxyl groups is 1. The van der Waals surface area contributed by atoms with Crippen molar-refractivity contribution in [3.8, 4) is 5.75 Å². The van der Waals surface area contributed by atoms with Crippen LogP contribution in [0.2, 0.25) is 0 Å². The second-order valence-corrected chi connectivity index (χ2v) is 10.9. The van der Waals surface area contributed by atoms with Gasteiger partial charge in [0.05, 0.1) is 30.0 Å². The molecule has 2 saturated heterocycles. The fourth-order valence-corrected chi connectivity index (χ4v) is 5.58. The fraction of sp³-hybridized carbons (Fsp3) is 0.379. The maximum Gasteiger partial charge on any atom is 0.414 e. The van der Waals surface area contributed by atoms with Crippen molar-refractivity contribution in [1.82, 2.24) is 10.3 Å². The zero-order chi connectivity index (χ0) is 29.7. The van der Waals surface area contributed by atoms with Crippen LogP contribution in [0.1, 0.15) is 48.0 Å². The zero-order valence-corrected chi connectivity index (χ0v) is 22.7. The Morgan fingerprint density at radius 1 is 1.12 bits per heavy atom. The second-order valence-electron chi connectivity index (χ2n) is 10.9. The lowest BCUT2D eigenvalue weighted by atomic mass is 10.00. The van der Waals surface area contributed by atoms with Gasteiger partial charge in [0.1, 0.15) is 23.2 Å². The number of rotatable bonds is 8. The third-order valence-corrected chi connectivity index (χ3v) is 7.85. The SMILES string of the molecule is CC(=O)NC[C@H]1CN(c2ccc(N[C@@H]3CCN(c4nc5c(C6CC6)cc(C(=O)O)c(O)c5cc4F)C3)c(F)c2)C(=O)O1. The maximum atomic E-state index is 15.3. The smallest absolute Gasteiger partial charge is 0.414 e. The number of amides is 2. The summed E-state index contributed by atoms with van der Waals surface area (Å²) in [5.74, 6) is -3.10. The molecule has 2 atom stereocenters. The van der Waals surface area contributed by atoms with E-state index in [-0.39, 0.29) is 53.4 Å². The minimum atomic E-state index is -1.29. The highest BCUT2D eigenvalue weighted by molar-refractivity contribution is 6.01. The molecule has 11 nitrogen and oxygen atoms in total. The Hall–Kier alpha value is -4.68. The predicted molar refractivity (Wildman–Crippen MR) is 149 cm³/mol. The predicted octanol–water partition coefficient (Wildman–Crippen LogP) is 3.95. The maximum absolute atomic E-state index is 15.3. The number of carbonyl (C=O) groups is 3. The van der Waals surface area contributed by atoms with Crippen LogP contribution >= 0.6 is 0 Å². The van der Waals surface area contributed by atoms with E-state index in [0.29, 0.717) is 36.3 Å². The lowest BCUT2D eigenvalue weighted by Gasteiger charge is -2.21. The largest absolute Gasteiger partial charge is 0.506 e. The summed E-state index contributed by atoms with van der Waals surface area (Å²) < 4.78 is 35.6. The van der Waals surface area contributed by atoms with Gasteiger partial charge >= 0.3 is 12.1 Å². The summed E-state index contributed by atoms with van der Waals surface area (Å²) >= 11 is 0. The molecule has 1 saturated carbocycles. The van der Waals surface area contributed by atoms with E-state index in [1.54, 1.807) is 11.0 Å². The molecular weight excluding hydrogens is 552 g/mol. The number of phenols is 1. The number of carboxylic acid groups (broad SMARTS) is 1. The summed E-state index contributed by atoms with van der Waals surface area (Å²) in [6.07, 6.45) is 1.13. The number of carboxylic acids is 1. The van der Waals surface area contributed by atoms with Gasteiger partial charge in [-0.05, 0) is 61.1 Å². The molecule has 2 aromatic carbocycles. The number of anilines is 3. The van der Waals surface area contributed by atoms with Crippen LogP contribution in [0.4, 0.5) is 30.8 Å². The summed E-state index contributed by atoms with van der Waals surface area (Å²) in [6, 6.07) is 6.70. The number of hydrogen-bond donors (Lipinski definition) is 4. The molecule has 1 aliphatic carbocycles. The van der Waals surface area contributed by atoms with Gasteiger partial charge in [-0.2, -0.15) is 0 Å². The van der Waals surface area contributed by atoms with Crippen LogP contribution in [0.15, 0.2) is 30.3 Å². The lowest BCUT2D eigenvalue weighted by Crippen LogP contribution is -2.33. The molecule has 3 aliphatic rings. The van der Waals surface area contributed by atoms with Gasteiger partial charge in [-0.25, -0.2) is 23.4 Å². The molecule has 13 heteroatoms. The first kappa shape index (κ1) is 27.5. The van der Waals surface area contributed by atoms with E-state index in [9.17, 15) is 24.6 Å². The minimum Gasteiger partial charge on any atom is -0.506 e. The first-order chi connectivity index (χ1) is 20.1. The number of carbonyl (C=O) groups excluding carboxylic acids is 2. The van der Waals surface area contributed by atoms with Crippen molar-refractivity contribution >= 4 is 46.1 Å². The number of aromatic carboxylic acids is 1. The molecule has 3 fully saturated rings. The van der Waals surface area contributed by atoms with Gasteiger partial charge in [0.25, 0.3) is 0 Å². The summed E-state index contributed by atoms with van der Waals surface area (Å²) in [5, 5.41) is 25.8. The molecule has 3 heterocycles. The molecule has 3 aromatic rings. The number of ether oxygens (including phenoxy) is 1. The number of cyclic esters (lactones) is 1. The van der Waals surface area contributed by atoms with Crippen molar-refractivity contribution < 1.29 is 38.1 Å². The number of halogens is 2. The quantitative estimate of drug-likeness (QED) is 0.311. The molecule has 0 radical (unpaired) electrons. The van der Waals surface area contributed by atoms with E-state index in [1.807, 2.05) is 0 Å². The van der Waals surface area contributed by atoms with Gasteiger partial charge in [0.15, 0.2) is 11.6 Å². The summed E-state index contributed by atoms with van der Waals surface area (Å²) in [6.45, 7) is 2.48. The Bertz CT molecular complexity index is 1610. The average molecular weight is 582 g/mol. The van der Waals surface area contributed by atoms with E-state index in [1.165, 1.54) is 30.0 Å². The third-order valence-electron chi connectivity index (χ3n) is 7.85. The number of pyridine rings is 1. The molecule has 4 N–H and O–H groups in total. The van der Waals surface area contributed by atoms with Crippen molar-refractivity contribution in [2.75, 3.05) is 41.3 Å². The molecule has 0 bridgehead atoms. The molecule has 220 valence electrons. The highest BCUT2D eigenvalue weighted by Gasteiger charge is 2.34.